The zero-order chi connectivity index (χ0) is 15.7. The van der Waals surface area contributed by atoms with Gasteiger partial charge in [-0.05, 0) is 53.6 Å². The average molecular weight is 395 g/mol. The number of sulfonamides is 1. The molecule has 1 aromatic carbocycles. The molecule has 1 heterocycles. The van der Waals surface area contributed by atoms with E-state index in [0.717, 1.165) is 18.6 Å². The van der Waals surface area contributed by atoms with E-state index in [1.807, 2.05) is 0 Å². The SMILES string of the molecule is COc1cc(Br)c(N)cc1S(=O)(=O)NCC1(C)CCCS1. The number of halogens is 1. The van der Waals surface area contributed by atoms with Gasteiger partial charge in [-0.3, -0.25) is 0 Å². The minimum absolute atomic E-state index is 0.0405. The molecule has 1 aliphatic heterocycles. The highest BCUT2D eigenvalue weighted by atomic mass is 79.9. The maximum absolute atomic E-state index is 12.5. The molecule has 0 amide bonds. The summed E-state index contributed by atoms with van der Waals surface area (Å²) in [6.45, 7) is 2.49. The molecule has 3 N–H and O–H groups in total. The standard InChI is InChI=1S/C13H19BrN2O3S2/c1-13(4-3-5-20-13)8-16-21(17,18)12-7-10(15)9(14)6-11(12)19-2/h6-7,16H,3-5,8,15H2,1-2H3. The van der Waals surface area contributed by atoms with Gasteiger partial charge in [-0.25, -0.2) is 13.1 Å². The lowest BCUT2D eigenvalue weighted by Gasteiger charge is -2.23. The van der Waals surface area contributed by atoms with E-state index >= 15 is 0 Å². The van der Waals surface area contributed by atoms with Crippen LogP contribution in [0, 0.1) is 0 Å². The first-order valence-corrected chi connectivity index (χ1v) is 9.80. The third-order valence-corrected chi connectivity index (χ3v) is 7.16. The van der Waals surface area contributed by atoms with Crippen LogP contribution in [0.1, 0.15) is 19.8 Å². The zero-order valence-corrected chi connectivity index (χ0v) is 15.2. The Balaban J connectivity index is 2.25. The predicted octanol–water partition coefficient (Wildman–Crippen LogP) is 2.60. The minimum Gasteiger partial charge on any atom is -0.495 e. The highest BCUT2D eigenvalue weighted by molar-refractivity contribution is 9.10. The molecule has 1 atom stereocenters. The molecule has 1 unspecified atom stereocenters. The highest BCUT2D eigenvalue weighted by Crippen LogP contribution is 2.38. The van der Waals surface area contributed by atoms with Gasteiger partial charge in [0.05, 0.1) is 7.11 Å². The summed E-state index contributed by atoms with van der Waals surface area (Å²) >= 11 is 5.07. The Morgan fingerprint density at radius 1 is 1.52 bits per heavy atom. The van der Waals surface area contributed by atoms with Gasteiger partial charge in [0.15, 0.2) is 0 Å². The van der Waals surface area contributed by atoms with Crippen molar-refractivity contribution in [2.45, 2.75) is 29.4 Å². The lowest BCUT2D eigenvalue weighted by atomic mass is 10.1. The van der Waals surface area contributed by atoms with Crippen molar-refractivity contribution >= 4 is 43.4 Å². The Hall–Kier alpha value is -0.440. The van der Waals surface area contributed by atoms with E-state index in [2.05, 4.69) is 27.6 Å². The van der Waals surface area contributed by atoms with Gasteiger partial charge in [0.25, 0.3) is 0 Å². The van der Waals surface area contributed by atoms with Crippen LogP contribution in [-0.2, 0) is 10.0 Å². The van der Waals surface area contributed by atoms with Gasteiger partial charge in [-0.2, -0.15) is 11.8 Å². The van der Waals surface area contributed by atoms with Gasteiger partial charge in [-0.15, -0.1) is 0 Å². The molecular weight excluding hydrogens is 376 g/mol. The van der Waals surface area contributed by atoms with E-state index in [0.29, 0.717) is 16.7 Å². The second kappa shape index (κ2) is 6.36. The molecular formula is C13H19BrN2O3S2. The zero-order valence-electron chi connectivity index (χ0n) is 12.0. The van der Waals surface area contributed by atoms with Crippen LogP contribution in [0.4, 0.5) is 5.69 Å². The number of nitrogen functional groups attached to an aromatic ring is 1. The normalized spacial score (nSPS) is 22.4. The number of nitrogens with one attached hydrogen (secondary N) is 1. The Labute approximate surface area is 138 Å². The van der Waals surface area contributed by atoms with Gasteiger partial charge in [0.1, 0.15) is 10.6 Å². The second-order valence-electron chi connectivity index (χ2n) is 5.25. The summed E-state index contributed by atoms with van der Waals surface area (Å²) in [7, 11) is -2.22. The molecule has 5 nitrogen and oxygen atoms in total. The van der Waals surface area contributed by atoms with Crippen LogP contribution in [0.25, 0.3) is 0 Å². The van der Waals surface area contributed by atoms with E-state index in [1.54, 1.807) is 17.8 Å². The molecule has 118 valence electrons. The summed E-state index contributed by atoms with van der Waals surface area (Å²) in [5.41, 5.74) is 6.15. The van der Waals surface area contributed by atoms with Crippen LogP contribution in [0.2, 0.25) is 0 Å². The number of anilines is 1. The predicted molar refractivity (Wildman–Crippen MR) is 90.4 cm³/mol. The van der Waals surface area contributed by atoms with Gasteiger partial charge < -0.3 is 10.5 Å². The Bertz CT molecular complexity index is 629. The van der Waals surface area contributed by atoms with Crippen molar-refractivity contribution in [1.82, 2.24) is 4.72 Å². The number of ether oxygens (including phenoxy) is 1. The van der Waals surface area contributed by atoms with E-state index in [1.165, 1.54) is 13.2 Å². The van der Waals surface area contributed by atoms with Crippen molar-refractivity contribution in [3.8, 4) is 5.75 Å². The first-order valence-electron chi connectivity index (χ1n) is 6.54. The lowest BCUT2D eigenvalue weighted by molar-refractivity contribution is 0.402. The van der Waals surface area contributed by atoms with Crippen LogP contribution in [0.3, 0.4) is 0 Å². The number of benzene rings is 1. The van der Waals surface area contributed by atoms with Crippen molar-refractivity contribution in [2.75, 3.05) is 25.1 Å². The molecule has 0 aromatic heterocycles. The Morgan fingerprint density at radius 2 is 2.24 bits per heavy atom. The van der Waals surface area contributed by atoms with E-state index in [9.17, 15) is 8.42 Å². The molecule has 0 spiro atoms. The number of hydrogen-bond donors (Lipinski definition) is 2. The summed E-state index contributed by atoms with van der Waals surface area (Å²) < 4.78 is 33.4. The first kappa shape index (κ1) is 16.9. The molecule has 0 bridgehead atoms. The van der Waals surface area contributed by atoms with Gasteiger partial charge in [0.2, 0.25) is 10.0 Å². The van der Waals surface area contributed by atoms with Crippen molar-refractivity contribution in [2.24, 2.45) is 0 Å². The quantitative estimate of drug-likeness (QED) is 0.749. The fourth-order valence-electron chi connectivity index (χ4n) is 2.22. The molecule has 1 aromatic rings. The van der Waals surface area contributed by atoms with E-state index < -0.39 is 10.0 Å². The average Bonchev–Trinajstić information content (AvgIpc) is 2.87. The summed E-state index contributed by atoms with van der Waals surface area (Å²) in [6, 6.07) is 2.98. The largest absolute Gasteiger partial charge is 0.495 e. The number of hydrogen-bond acceptors (Lipinski definition) is 5. The molecule has 8 heteroatoms. The summed E-state index contributed by atoms with van der Waals surface area (Å²) in [5.74, 6) is 1.35. The van der Waals surface area contributed by atoms with E-state index in [-0.39, 0.29) is 15.4 Å². The van der Waals surface area contributed by atoms with Crippen LogP contribution in [0.15, 0.2) is 21.5 Å². The Kier molecular flexibility index (Phi) is 5.12. The highest BCUT2D eigenvalue weighted by Gasteiger charge is 2.32. The second-order valence-corrected chi connectivity index (χ2v) is 9.52. The van der Waals surface area contributed by atoms with Crippen molar-refractivity contribution in [3.05, 3.63) is 16.6 Å². The maximum atomic E-state index is 12.5. The van der Waals surface area contributed by atoms with Crippen molar-refractivity contribution in [1.29, 1.82) is 0 Å². The van der Waals surface area contributed by atoms with Gasteiger partial charge >= 0.3 is 0 Å². The fraction of sp³-hybridized carbons (Fsp3) is 0.538. The Morgan fingerprint density at radius 3 is 2.81 bits per heavy atom. The molecule has 0 aliphatic carbocycles. The number of methoxy groups -OCH3 is 1. The molecule has 1 aliphatic rings. The molecule has 2 rings (SSSR count). The summed E-state index contributed by atoms with van der Waals surface area (Å²) in [4.78, 5) is 0.0669. The number of thioether (sulfide) groups is 1. The molecule has 1 fully saturated rings. The van der Waals surface area contributed by atoms with Gasteiger partial charge in [0, 0.05) is 21.5 Å². The van der Waals surface area contributed by atoms with Crippen molar-refractivity contribution < 1.29 is 13.2 Å². The molecule has 0 saturated carbocycles. The smallest absolute Gasteiger partial charge is 0.244 e. The maximum Gasteiger partial charge on any atom is 0.244 e. The van der Waals surface area contributed by atoms with Crippen molar-refractivity contribution in [3.63, 3.8) is 0 Å². The van der Waals surface area contributed by atoms with E-state index in [4.69, 9.17) is 10.5 Å². The summed E-state index contributed by atoms with van der Waals surface area (Å²) in [6.07, 6.45) is 2.14. The number of nitrogens with two attached hydrogens (primary N) is 1. The van der Waals surface area contributed by atoms with Gasteiger partial charge in [-0.1, -0.05) is 0 Å². The molecule has 21 heavy (non-hydrogen) atoms. The van der Waals surface area contributed by atoms with Crippen LogP contribution < -0.4 is 15.2 Å². The number of rotatable bonds is 5. The van der Waals surface area contributed by atoms with Crippen LogP contribution >= 0.6 is 27.7 Å². The monoisotopic (exact) mass is 394 g/mol. The summed E-state index contributed by atoms with van der Waals surface area (Å²) in [5, 5.41) is 0. The lowest BCUT2D eigenvalue weighted by Crippen LogP contribution is -2.36. The minimum atomic E-state index is -3.66. The first-order chi connectivity index (χ1) is 9.77. The molecule has 1 saturated heterocycles. The third-order valence-electron chi connectivity index (χ3n) is 3.51. The topological polar surface area (TPSA) is 81.4 Å². The van der Waals surface area contributed by atoms with Crippen LogP contribution in [0.5, 0.6) is 5.75 Å². The fourth-order valence-corrected chi connectivity index (χ4v) is 5.23. The van der Waals surface area contributed by atoms with Crippen LogP contribution in [-0.4, -0.2) is 32.6 Å². The third kappa shape index (κ3) is 3.85. The molecule has 0 radical (unpaired) electrons.